The summed E-state index contributed by atoms with van der Waals surface area (Å²) in [5.74, 6) is 0.672. The fourth-order valence-corrected chi connectivity index (χ4v) is 4.52. The molecule has 0 bridgehead atoms. The first-order valence-electron chi connectivity index (χ1n) is 10.9. The molecule has 1 aliphatic carbocycles. The van der Waals surface area contributed by atoms with E-state index in [4.69, 9.17) is 4.52 Å². The number of piperidine rings is 1. The van der Waals surface area contributed by atoms with Crippen LogP contribution in [0.1, 0.15) is 47.5 Å². The number of fused-ring (bicyclic) bond motifs is 1. The minimum Gasteiger partial charge on any atom is -0.350 e. The Labute approximate surface area is 179 Å². The second-order valence-electron chi connectivity index (χ2n) is 8.35. The molecule has 1 saturated heterocycles. The number of aromatic nitrogens is 4. The number of hydrogen-bond donors (Lipinski definition) is 0. The second-order valence-corrected chi connectivity index (χ2v) is 8.35. The molecule has 2 aliphatic rings. The molecule has 1 amide bonds. The van der Waals surface area contributed by atoms with Crippen LogP contribution in [0.3, 0.4) is 0 Å². The molecule has 31 heavy (non-hydrogen) atoms. The summed E-state index contributed by atoms with van der Waals surface area (Å²) in [6.45, 7) is 1.85. The molecule has 0 unspecified atom stereocenters. The molecule has 0 radical (unpaired) electrons. The summed E-state index contributed by atoms with van der Waals surface area (Å²) in [7, 11) is 0. The average molecular weight is 419 g/mol. The van der Waals surface area contributed by atoms with E-state index < -0.39 is 0 Å². The summed E-state index contributed by atoms with van der Waals surface area (Å²) < 4.78 is 6.97. The van der Waals surface area contributed by atoms with Crippen molar-refractivity contribution in [1.82, 2.24) is 24.8 Å². The topological polar surface area (TPSA) is 94.1 Å². The van der Waals surface area contributed by atoms with Gasteiger partial charge in [0.05, 0.1) is 11.4 Å². The van der Waals surface area contributed by atoms with E-state index in [1.54, 1.807) is 29.2 Å². The predicted octanol–water partition coefficient (Wildman–Crippen LogP) is 2.72. The summed E-state index contributed by atoms with van der Waals surface area (Å²) in [5, 5.41) is 8.67. The molecule has 0 atom stereocenters. The maximum atomic E-state index is 13.0. The molecule has 0 saturated carbocycles. The fourth-order valence-electron chi connectivity index (χ4n) is 4.52. The largest absolute Gasteiger partial charge is 0.350 e. The number of pyridine rings is 1. The molecule has 0 spiro atoms. The maximum Gasteiger partial charge on any atom is 0.292 e. The third-order valence-electron chi connectivity index (χ3n) is 6.33. The van der Waals surface area contributed by atoms with E-state index in [9.17, 15) is 9.59 Å². The SMILES string of the molecule is O=C(c1onc2c1CCCC2)N1CCC(Cn2nc(-c3ccncc3)ccc2=O)CC1. The molecule has 1 aliphatic heterocycles. The zero-order chi connectivity index (χ0) is 21.2. The third kappa shape index (κ3) is 4.02. The number of amides is 1. The van der Waals surface area contributed by atoms with Gasteiger partial charge in [0.1, 0.15) is 0 Å². The number of likely N-dealkylation sites (tertiary alicyclic amines) is 1. The molecule has 8 nitrogen and oxygen atoms in total. The Hall–Kier alpha value is -3.29. The molecule has 4 heterocycles. The number of nitrogens with zero attached hydrogens (tertiary/aromatic N) is 5. The molecule has 8 heteroatoms. The molecule has 3 aromatic heterocycles. The monoisotopic (exact) mass is 419 g/mol. The Kier molecular flexibility index (Phi) is 5.36. The lowest BCUT2D eigenvalue weighted by Gasteiger charge is -2.31. The highest BCUT2D eigenvalue weighted by molar-refractivity contribution is 5.93. The van der Waals surface area contributed by atoms with Gasteiger partial charge in [0.2, 0.25) is 5.76 Å². The maximum absolute atomic E-state index is 13.0. The summed E-state index contributed by atoms with van der Waals surface area (Å²) in [4.78, 5) is 31.2. The van der Waals surface area contributed by atoms with Gasteiger partial charge in [0.15, 0.2) is 0 Å². The van der Waals surface area contributed by atoms with E-state index in [1.165, 1.54) is 0 Å². The summed E-state index contributed by atoms with van der Waals surface area (Å²) in [6.07, 6.45) is 9.04. The lowest BCUT2D eigenvalue weighted by Crippen LogP contribution is -2.40. The van der Waals surface area contributed by atoms with Crippen molar-refractivity contribution in [3.05, 3.63) is 64.0 Å². The highest BCUT2D eigenvalue weighted by Gasteiger charge is 2.30. The van der Waals surface area contributed by atoms with Crippen molar-refractivity contribution in [3.8, 4) is 11.3 Å². The van der Waals surface area contributed by atoms with Gasteiger partial charge in [-0.2, -0.15) is 5.10 Å². The van der Waals surface area contributed by atoms with Crippen LogP contribution in [0.15, 0.2) is 46.0 Å². The highest BCUT2D eigenvalue weighted by Crippen LogP contribution is 2.27. The highest BCUT2D eigenvalue weighted by atomic mass is 16.5. The zero-order valence-electron chi connectivity index (χ0n) is 17.4. The van der Waals surface area contributed by atoms with Crippen molar-refractivity contribution in [3.63, 3.8) is 0 Å². The first-order valence-corrected chi connectivity index (χ1v) is 10.9. The Morgan fingerprint density at radius 1 is 1.06 bits per heavy atom. The molecule has 0 N–H and O–H groups in total. The molecule has 5 rings (SSSR count). The molecule has 160 valence electrons. The minimum absolute atomic E-state index is 0.0518. The van der Waals surface area contributed by atoms with E-state index in [2.05, 4.69) is 15.2 Å². The number of rotatable bonds is 4. The fraction of sp³-hybridized carbons (Fsp3) is 0.435. The van der Waals surface area contributed by atoms with Crippen molar-refractivity contribution in [2.45, 2.75) is 45.1 Å². The summed E-state index contributed by atoms with van der Waals surface area (Å²) >= 11 is 0. The number of hydrogen-bond acceptors (Lipinski definition) is 6. The summed E-state index contributed by atoms with van der Waals surface area (Å²) in [5.41, 5.74) is 3.53. The van der Waals surface area contributed by atoms with Gasteiger partial charge in [-0.3, -0.25) is 14.6 Å². The molecular weight excluding hydrogens is 394 g/mol. The lowest BCUT2D eigenvalue weighted by molar-refractivity contribution is 0.0637. The van der Waals surface area contributed by atoms with Gasteiger partial charge >= 0.3 is 0 Å². The smallest absolute Gasteiger partial charge is 0.292 e. The normalized spacial score (nSPS) is 16.8. The second kappa shape index (κ2) is 8.45. The van der Waals surface area contributed by atoms with Crippen LogP contribution in [-0.2, 0) is 19.4 Å². The van der Waals surface area contributed by atoms with Crippen LogP contribution < -0.4 is 5.56 Å². The van der Waals surface area contributed by atoms with Crippen molar-refractivity contribution >= 4 is 5.91 Å². The standard InChI is InChI=1S/C23H25N5O3/c29-21-6-5-19(17-7-11-24-12-8-17)25-28(21)15-16-9-13-27(14-10-16)23(30)22-18-3-1-2-4-20(18)26-31-22/h5-8,11-12,16H,1-4,9-10,13-15H2. The number of aryl methyl sites for hydroxylation is 1. The Balaban J connectivity index is 1.24. The van der Waals surface area contributed by atoms with Gasteiger partial charge in [-0.1, -0.05) is 5.16 Å². The van der Waals surface area contributed by atoms with E-state index in [0.717, 1.165) is 61.0 Å². The van der Waals surface area contributed by atoms with Crippen molar-refractivity contribution in [1.29, 1.82) is 0 Å². The Bertz CT molecular complexity index is 1130. The van der Waals surface area contributed by atoms with Crippen molar-refractivity contribution < 1.29 is 9.32 Å². The van der Waals surface area contributed by atoms with Crippen LogP contribution in [-0.4, -0.2) is 43.8 Å². The van der Waals surface area contributed by atoms with Crippen LogP contribution in [0.5, 0.6) is 0 Å². The van der Waals surface area contributed by atoms with Crippen molar-refractivity contribution in [2.24, 2.45) is 5.92 Å². The first-order chi connectivity index (χ1) is 15.2. The van der Waals surface area contributed by atoms with Gasteiger partial charge in [-0.25, -0.2) is 4.68 Å². The number of carbonyl (C=O) groups is 1. The van der Waals surface area contributed by atoms with Gasteiger partial charge in [-0.15, -0.1) is 0 Å². The van der Waals surface area contributed by atoms with Crippen LogP contribution >= 0.6 is 0 Å². The lowest BCUT2D eigenvalue weighted by atomic mass is 9.94. The van der Waals surface area contributed by atoms with Crippen LogP contribution in [0.2, 0.25) is 0 Å². The van der Waals surface area contributed by atoms with E-state index >= 15 is 0 Å². The van der Waals surface area contributed by atoms with Gasteiger partial charge in [-0.05, 0) is 62.6 Å². The predicted molar refractivity (Wildman–Crippen MR) is 114 cm³/mol. The van der Waals surface area contributed by atoms with Crippen LogP contribution in [0.25, 0.3) is 11.3 Å². The van der Waals surface area contributed by atoms with Gasteiger partial charge < -0.3 is 9.42 Å². The zero-order valence-corrected chi connectivity index (χ0v) is 17.4. The molecule has 1 fully saturated rings. The van der Waals surface area contributed by atoms with E-state index in [1.807, 2.05) is 17.0 Å². The minimum atomic E-state index is -0.107. The van der Waals surface area contributed by atoms with Gasteiger partial charge in [0, 0.05) is 49.2 Å². The van der Waals surface area contributed by atoms with Gasteiger partial charge in [0.25, 0.3) is 11.5 Å². The van der Waals surface area contributed by atoms with E-state index in [0.29, 0.717) is 31.3 Å². The summed E-state index contributed by atoms with van der Waals surface area (Å²) in [6, 6.07) is 7.06. The Morgan fingerprint density at radius 2 is 1.84 bits per heavy atom. The average Bonchev–Trinajstić information content (AvgIpc) is 3.25. The van der Waals surface area contributed by atoms with Crippen molar-refractivity contribution in [2.75, 3.05) is 13.1 Å². The quantitative estimate of drug-likeness (QED) is 0.645. The third-order valence-corrected chi connectivity index (χ3v) is 6.33. The number of carbonyl (C=O) groups excluding carboxylic acids is 1. The molecule has 3 aromatic rings. The molecule has 0 aromatic carbocycles. The van der Waals surface area contributed by atoms with E-state index in [-0.39, 0.29) is 11.5 Å². The van der Waals surface area contributed by atoms with Crippen LogP contribution in [0, 0.1) is 5.92 Å². The van der Waals surface area contributed by atoms with Crippen LogP contribution in [0.4, 0.5) is 0 Å². The molecular formula is C23H25N5O3. The first kappa shape index (κ1) is 19.7. The Morgan fingerprint density at radius 3 is 2.65 bits per heavy atom.